The zero-order valence-corrected chi connectivity index (χ0v) is 12.2. The Bertz CT molecular complexity index is 716. The highest BCUT2D eigenvalue weighted by molar-refractivity contribution is 6.03. The Labute approximate surface area is 127 Å². The van der Waals surface area contributed by atoms with E-state index in [1.165, 1.54) is 12.1 Å². The predicted molar refractivity (Wildman–Crippen MR) is 81.4 cm³/mol. The van der Waals surface area contributed by atoms with Crippen molar-refractivity contribution in [1.29, 1.82) is 0 Å². The van der Waals surface area contributed by atoms with Crippen molar-refractivity contribution in [2.75, 3.05) is 7.05 Å². The molecule has 1 aliphatic carbocycles. The van der Waals surface area contributed by atoms with Crippen LogP contribution in [0.15, 0.2) is 53.5 Å². The molecular weight excluding hydrogens is 287 g/mol. The maximum absolute atomic E-state index is 12.9. The lowest BCUT2D eigenvalue weighted by Gasteiger charge is -2.27. The van der Waals surface area contributed by atoms with Gasteiger partial charge in [-0.2, -0.15) is 13.2 Å². The van der Waals surface area contributed by atoms with Gasteiger partial charge in [0.15, 0.2) is 0 Å². The molecule has 0 radical (unpaired) electrons. The third-order valence-electron chi connectivity index (χ3n) is 4.20. The normalized spacial score (nSPS) is 20.0. The first-order chi connectivity index (χ1) is 10.5. The van der Waals surface area contributed by atoms with E-state index in [0.717, 1.165) is 41.3 Å². The molecule has 0 aromatic heterocycles. The summed E-state index contributed by atoms with van der Waals surface area (Å²) in [5, 5.41) is 0. The van der Waals surface area contributed by atoms with E-state index in [4.69, 9.17) is 0 Å². The molecule has 1 aliphatic rings. The van der Waals surface area contributed by atoms with Crippen molar-refractivity contribution in [3.05, 3.63) is 70.8 Å². The second-order valence-electron chi connectivity index (χ2n) is 5.47. The van der Waals surface area contributed by atoms with Gasteiger partial charge in [0.2, 0.25) is 0 Å². The number of hydrogen-bond acceptors (Lipinski definition) is 1. The van der Waals surface area contributed by atoms with Crippen LogP contribution in [0.3, 0.4) is 0 Å². The maximum atomic E-state index is 12.9. The standard InChI is InChI=1S/C18H16F3N/c1-22-17-10-9-14(15-7-2-3-8-16(15)17)12-5-4-6-13(11-12)18(19,20)21/h2-8,11,14H,9-10H2,1H3. The van der Waals surface area contributed by atoms with Crippen LogP contribution in [-0.2, 0) is 6.18 Å². The molecule has 0 amide bonds. The van der Waals surface area contributed by atoms with Crippen LogP contribution in [0.1, 0.15) is 41.0 Å². The highest BCUT2D eigenvalue weighted by atomic mass is 19.4. The lowest BCUT2D eigenvalue weighted by Crippen LogP contribution is -2.17. The van der Waals surface area contributed by atoms with Gasteiger partial charge in [-0.1, -0.05) is 42.5 Å². The van der Waals surface area contributed by atoms with Crippen molar-refractivity contribution in [3.8, 4) is 0 Å². The van der Waals surface area contributed by atoms with Crippen LogP contribution in [0.5, 0.6) is 0 Å². The van der Waals surface area contributed by atoms with Gasteiger partial charge in [0, 0.05) is 18.7 Å². The van der Waals surface area contributed by atoms with Crippen molar-refractivity contribution in [1.82, 2.24) is 0 Å². The third-order valence-corrected chi connectivity index (χ3v) is 4.20. The number of hydrogen-bond donors (Lipinski definition) is 0. The SMILES string of the molecule is CN=C1CCC(c2cccc(C(F)(F)F)c2)c2ccccc21. The summed E-state index contributed by atoms with van der Waals surface area (Å²) in [6, 6.07) is 13.5. The first-order valence-corrected chi connectivity index (χ1v) is 7.23. The zero-order chi connectivity index (χ0) is 15.7. The van der Waals surface area contributed by atoms with Gasteiger partial charge in [-0.3, -0.25) is 4.99 Å². The summed E-state index contributed by atoms with van der Waals surface area (Å²) in [5.74, 6) is -0.0102. The molecule has 1 unspecified atom stereocenters. The Morgan fingerprint density at radius 1 is 1.05 bits per heavy atom. The fourth-order valence-electron chi connectivity index (χ4n) is 3.15. The highest BCUT2D eigenvalue weighted by Crippen LogP contribution is 2.39. The van der Waals surface area contributed by atoms with E-state index in [1.807, 2.05) is 24.3 Å². The second kappa shape index (κ2) is 5.59. The van der Waals surface area contributed by atoms with Crippen LogP contribution >= 0.6 is 0 Å². The van der Waals surface area contributed by atoms with Crippen LogP contribution in [0.2, 0.25) is 0 Å². The van der Waals surface area contributed by atoms with Gasteiger partial charge in [-0.25, -0.2) is 0 Å². The fraction of sp³-hybridized carbons (Fsp3) is 0.278. The number of benzene rings is 2. The molecule has 0 saturated carbocycles. The summed E-state index contributed by atoms with van der Waals surface area (Å²) >= 11 is 0. The molecular formula is C18H16F3N. The molecule has 4 heteroatoms. The lowest BCUT2D eigenvalue weighted by molar-refractivity contribution is -0.137. The first-order valence-electron chi connectivity index (χ1n) is 7.23. The second-order valence-corrected chi connectivity index (χ2v) is 5.47. The summed E-state index contributed by atoms with van der Waals surface area (Å²) in [5.41, 5.74) is 3.28. The molecule has 2 aromatic carbocycles. The molecule has 1 atom stereocenters. The zero-order valence-electron chi connectivity index (χ0n) is 12.2. The Kier molecular flexibility index (Phi) is 3.77. The Morgan fingerprint density at radius 2 is 1.82 bits per heavy atom. The van der Waals surface area contributed by atoms with Crippen molar-refractivity contribution >= 4 is 5.71 Å². The lowest BCUT2D eigenvalue weighted by atomic mass is 9.78. The number of fused-ring (bicyclic) bond motifs is 1. The third kappa shape index (κ3) is 2.65. The van der Waals surface area contributed by atoms with Gasteiger partial charge < -0.3 is 0 Å². The molecule has 114 valence electrons. The van der Waals surface area contributed by atoms with Crippen molar-refractivity contribution in [3.63, 3.8) is 0 Å². The number of rotatable bonds is 1. The Hall–Kier alpha value is -2.10. The molecule has 0 bridgehead atoms. The molecule has 1 nitrogen and oxygen atoms in total. The molecule has 0 N–H and O–H groups in total. The molecule has 2 aromatic rings. The smallest absolute Gasteiger partial charge is 0.292 e. The van der Waals surface area contributed by atoms with E-state index in [-0.39, 0.29) is 5.92 Å². The summed E-state index contributed by atoms with van der Waals surface area (Å²) in [4.78, 5) is 4.31. The van der Waals surface area contributed by atoms with Crippen LogP contribution in [0.25, 0.3) is 0 Å². The molecule has 0 heterocycles. The van der Waals surface area contributed by atoms with E-state index < -0.39 is 11.7 Å². The van der Waals surface area contributed by atoms with Crippen LogP contribution in [0.4, 0.5) is 13.2 Å². The average Bonchev–Trinajstić information content (AvgIpc) is 2.53. The Morgan fingerprint density at radius 3 is 2.55 bits per heavy atom. The Balaban J connectivity index is 2.07. The van der Waals surface area contributed by atoms with Gasteiger partial charge in [0.05, 0.1) is 5.56 Å². The minimum absolute atomic E-state index is 0.0102. The molecule has 0 fully saturated rings. The monoisotopic (exact) mass is 303 g/mol. The summed E-state index contributed by atoms with van der Waals surface area (Å²) in [6.45, 7) is 0. The molecule has 22 heavy (non-hydrogen) atoms. The minimum atomic E-state index is -4.31. The molecule has 0 saturated heterocycles. The van der Waals surface area contributed by atoms with Gasteiger partial charge in [0.1, 0.15) is 0 Å². The van der Waals surface area contributed by atoms with Crippen molar-refractivity contribution < 1.29 is 13.2 Å². The van der Waals surface area contributed by atoms with E-state index in [0.29, 0.717) is 0 Å². The van der Waals surface area contributed by atoms with E-state index in [2.05, 4.69) is 4.99 Å². The van der Waals surface area contributed by atoms with Gasteiger partial charge in [-0.05, 0) is 35.6 Å². The molecule has 3 rings (SSSR count). The number of nitrogens with zero attached hydrogens (tertiary/aromatic N) is 1. The topological polar surface area (TPSA) is 12.4 Å². The quantitative estimate of drug-likeness (QED) is 0.699. The van der Waals surface area contributed by atoms with E-state index in [9.17, 15) is 13.2 Å². The molecule has 0 aliphatic heterocycles. The first kappa shape index (κ1) is 14.8. The van der Waals surface area contributed by atoms with Gasteiger partial charge in [0.25, 0.3) is 0 Å². The fourth-order valence-corrected chi connectivity index (χ4v) is 3.15. The minimum Gasteiger partial charge on any atom is -0.292 e. The van der Waals surface area contributed by atoms with Crippen LogP contribution < -0.4 is 0 Å². The van der Waals surface area contributed by atoms with Crippen LogP contribution in [0, 0.1) is 0 Å². The average molecular weight is 303 g/mol. The number of alkyl halides is 3. The number of aliphatic imine (C=N–C) groups is 1. The van der Waals surface area contributed by atoms with Crippen molar-refractivity contribution in [2.45, 2.75) is 24.9 Å². The van der Waals surface area contributed by atoms with E-state index >= 15 is 0 Å². The van der Waals surface area contributed by atoms with Gasteiger partial charge in [-0.15, -0.1) is 0 Å². The maximum Gasteiger partial charge on any atom is 0.416 e. The number of halogens is 3. The predicted octanol–water partition coefficient (Wildman–Crippen LogP) is 5.05. The summed E-state index contributed by atoms with van der Waals surface area (Å²) < 4.78 is 38.8. The highest BCUT2D eigenvalue weighted by Gasteiger charge is 2.32. The molecule has 0 spiro atoms. The van der Waals surface area contributed by atoms with E-state index in [1.54, 1.807) is 13.1 Å². The van der Waals surface area contributed by atoms with Crippen LogP contribution in [-0.4, -0.2) is 12.8 Å². The summed E-state index contributed by atoms with van der Waals surface area (Å²) in [6.07, 6.45) is -2.74. The largest absolute Gasteiger partial charge is 0.416 e. The summed E-state index contributed by atoms with van der Waals surface area (Å²) in [7, 11) is 1.76. The van der Waals surface area contributed by atoms with Crippen molar-refractivity contribution in [2.24, 2.45) is 4.99 Å². The van der Waals surface area contributed by atoms with Gasteiger partial charge >= 0.3 is 6.18 Å².